The molecule has 134 valence electrons. The Morgan fingerprint density at radius 2 is 2.00 bits per heavy atom. The molecule has 5 nitrogen and oxygen atoms in total. The first kappa shape index (κ1) is 18.5. The molecule has 0 atom stereocenters. The smallest absolute Gasteiger partial charge is 0.396 e. The Balaban J connectivity index is 1.94. The Morgan fingerprint density at radius 1 is 1.33 bits per heavy atom. The van der Waals surface area contributed by atoms with E-state index in [9.17, 15) is 23.1 Å². The van der Waals surface area contributed by atoms with E-state index in [0.717, 1.165) is 6.07 Å². The van der Waals surface area contributed by atoms with Gasteiger partial charge in [0.15, 0.2) is 0 Å². The Hall–Kier alpha value is -1.80. The van der Waals surface area contributed by atoms with Crippen molar-refractivity contribution in [3.63, 3.8) is 0 Å². The third-order valence-electron chi connectivity index (χ3n) is 4.30. The number of carbonyl (C=O) groups is 1. The molecule has 0 unspecified atom stereocenters. The molecule has 3 N–H and O–H groups in total. The monoisotopic (exact) mass is 346 g/mol. The van der Waals surface area contributed by atoms with Crippen LogP contribution < -0.4 is 10.6 Å². The summed E-state index contributed by atoms with van der Waals surface area (Å²) in [5.41, 5.74) is -0.819. The minimum Gasteiger partial charge on any atom is -0.396 e. The number of urea groups is 1. The maximum atomic E-state index is 12.7. The van der Waals surface area contributed by atoms with E-state index in [-0.39, 0.29) is 24.4 Å². The zero-order chi connectivity index (χ0) is 17.8. The van der Waals surface area contributed by atoms with Crippen LogP contribution in [0.15, 0.2) is 18.2 Å². The second-order valence-corrected chi connectivity index (χ2v) is 6.11. The lowest BCUT2D eigenvalue weighted by atomic mass is 9.81. The van der Waals surface area contributed by atoms with E-state index in [0.29, 0.717) is 26.1 Å². The number of aliphatic hydroxyl groups is 1. The SMILES string of the molecule is Cc1cc(NC(=O)NCC2(CO)CCOCC2)ccc1C(F)(F)F. The number of anilines is 1. The van der Waals surface area contributed by atoms with Crippen LogP contribution in [0.2, 0.25) is 0 Å². The summed E-state index contributed by atoms with van der Waals surface area (Å²) in [6.45, 7) is 2.62. The van der Waals surface area contributed by atoms with Gasteiger partial charge in [-0.3, -0.25) is 0 Å². The van der Waals surface area contributed by atoms with Gasteiger partial charge in [0, 0.05) is 30.9 Å². The normalized spacial score (nSPS) is 17.4. The highest BCUT2D eigenvalue weighted by Crippen LogP contribution is 2.33. The fourth-order valence-corrected chi connectivity index (χ4v) is 2.70. The fourth-order valence-electron chi connectivity index (χ4n) is 2.70. The van der Waals surface area contributed by atoms with Crippen LogP contribution in [0.25, 0.3) is 0 Å². The Kier molecular flexibility index (Phi) is 5.71. The minimum atomic E-state index is -4.42. The number of aliphatic hydroxyl groups excluding tert-OH is 1. The molecule has 0 aliphatic carbocycles. The highest BCUT2D eigenvalue weighted by molar-refractivity contribution is 5.89. The zero-order valence-electron chi connectivity index (χ0n) is 13.4. The topological polar surface area (TPSA) is 70.6 Å². The molecule has 1 aromatic rings. The van der Waals surface area contributed by atoms with Gasteiger partial charge >= 0.3 is 12.2 Å². The molecule has 1 heterocycles. The lowest BCUT2D eigenvalue weighted by Gasteiger charge is -2.35. The van der Waals surface area contributed by atoms with Gasteiger partial charge in [0.05, 0.1) is 12.2 Å². The summed E-state index contributed by atoms with van der Waals surface area (Å²) >= 11 is 0. The van der Waals surface area contributed by atoms with Crippen LogP contribution in [0, 0.1) is 12.3 Å². The quantitative estimate of drug-likeness (QED) is 0.785. The van der Waals surface area contributed by atoms with Crippen molar-refractivity contribution >= 4 is 11.7 Å². The lowest BCUT2D eigenvalue weighted by molar-refractivity contribution is -0.138. The average Bonchev–Trinajstić information content (AvgIpc) is 2.53. The molecule has 1 aromatic carbocycles. The maximum Gasteiger partial charge on any atom is 0.416 e. The Morgan fingerprint density at radius 3 is 2.54 bits per heavy atom. The summed E-state index contributed by atoms with van der Waals surface area (Å²) in [7, 11) is 0. The molecule has 2 rings (SSSR count). The Labute approximate surface area is 138 Å². The largest absolute Gasteiger partial charge is 0.416 e. The summed E-state index contributed by atoms with van der Waals surface area (Å²) in [4.78, 5) is 11.9. The van der Waals surface area contributed by atoms with Crippen LogP contribution >= 0.6 is 0 Å². The molecule has 24 heavy (non-hydrogen) atoms. The first-order valence-corrected chi connectivity index (χ1v) is 7.67. The van der Waals surface area contributed by atoms with E-state index in [2.05, 4.69) is 10.6 Å². The van der Waals surface area contributed by atoms with Gasteiger partial charge in [0.2, 0.25) is 0 Å². The number of amides is 2. The predicted octanol–water partition coefficient (Wildman–Crippen LogP) is 2.92. The van der Waals surface area contributed by atoms with Crippen molar-refractivity contribution in [1.82, 2.24) is 5.32 Å². The summed E-state index contributed by atoms with van der Waals surface area (Å²) in [5, 5.41) is 14.7. The van der Waals surface area contributed by atoms with Crippen molar-refractivity contribution in [2.75, 3.05) is 31.7 Å². The van der Waals surface area contributed by atoms with Crippen LogP contribution in [0.3, 0.4) is 0 Å². The molecule has 0 bridgehead atoms. The molecule has 1 aliphatic heterocycles. The van der Waals surface area contributed by atoms with Gasteiger partial charge in [-0.15, -0.1) is 0 Å². The molecule has 0 aromatic heterocycles. The number of rotatable bonds is 4. The number of ether oxygens (including phenoxy) is 1. The Bertz CT molecular complexity index is 584. The van der Waals surface area contributed by atoms with Crippen LogP contribution in [0.5, 0.6) is 0 Å². The van der Waals surface area contributed by atoms with Crippen LogP contribution in [0.1, 0.15) is 24.0 Å². The summed E-state index contributed by atoms with van der Waals surface area (Å²) in [6.07, 6.45) is -3.13. The first-order valence-electron chi connectivity index (χ1n) is 7.67. The van der Waals surface area contributed by atoms with Crippen molar-refractivity contribution in [2.45, 2.75) is 25.9 Å². The number of halogens is 3. The number of hydrogen-bond acceptors (Lipinski definition) is 3. The average molecular weight is 346 g/mol. The van der Waals surface area contributed by atoms with Crippen molar-refractivity contribution in [3.8, 4) is 0 Å². The molecular formula is C16H21F3N2O3. The summed E-state index contributed by atoms with van der Waals surface area (Å²) in [6, 6.07) is 2.91. The van der Waals surface area contributed by atoms with Gasteiger partial charge in [-0.2, -0.15) is 13.2 Å². The second-order valence-electron chi connectivity index (χ2n) is 6.11. The van der Waals surface area contributed by atoms with Crippen molar-refractivity contribution in [1.29, 1.82) is 0 Å². The standard InChI is InChI=1S/C16H21F3N2O3/c1-11-8-12(2-3-13(11)16(17,18)19)21-14(23)20-9-15(10-22)4-6-24-7-5-15/h2-3,8,22H,4-7,9-10H2,1H3,(H2,20,21,23). The second kappa shape index (κ2) is 7.40. The van der Waals surface area contributed by atoms with Gasteiger partial charge < -0.3 is 20.5 Å². The number of alkyl halides is 3. The van der Waals surface area contributed by atoms with E-state index < -0.39 is 23.2 Å². The molecule has 1 aliphatic rings. The van der Waals surface area contributed by atoms with Gasteiger partial charge in [0.1, 0.15) is 0 Å². The third-order valence-corrected chi connectivity index (χ3v) is 4.30. The minimum absolute atomic E-state index is 0.0385. The zero-order valence-corrected chi connectivity index (χ0v) is 13.4. The van der Waals surface area contributed by atoms with Crippen LogP contribution in [-0.2, 0) is 10.9 Å². The van der Waals surface area contributed by atoms with Crippen molar-refractivity contribution in [3.05, 3.63) is 29.3 Å². The highest BCUT2D eigenvalue weighted by atomic mass is 19.4. The molecular weight excluding hydrogens is 325 g/mol. The molecule has 1 fully saturated rings. The maximum absolute atomic E-state index is 12.7. The molecule has 0 radical (unpaired) electrons. The third kappa shape index (κ3) is 4.61. The van der Waals surface area contributed by atoms with Crippen molar-refractivity contribution in [2.24, 2.45) is 5.41 Å². The van der Waals surface area contributed by atoms with E-state index in [4.69, 9.17) is 4.74 Å². The molecule has 0 spiro atoms. The first-order chi connectivity index (χ1) is 11.3. The molecule has 2 amide bonds. The van der Waals surface area contributed by atoms with Crippen LogP contribution in [-0.4, -0.2) is 37.5 Å². The summed E-state index contributed by atoms with van der Waals surface area (Å²) in [5.74, 6) is 0. The number of carbonyl (C=O) groups excluding carboxylic acids is 1. The van der Waals surface area contributed by atoms with E-state index >= 15 is 0 Å². The van der Waals surface area contributed by atoms with E-state index in [1.165, 1.54) is 19.1 Å². The van der Waals surface area contributed by atoms with Gasteiger partial charge in [0.25, 0.3) is 0 Å². The predicted molar refractivity (Wildman–Crippen MR) is 82.8 cm³/mol. The van der Waals surface area contributed by atoms with E-state index in [1.54, 1.807) is 0 Å². The summed E-state index contributed by atoms with van der Waals surface area (Å²) < 4.78 is 43.4. The molecule has 8 heteroatoms. The van der Waals surface area contributed by atoms with Crippen LogP contribution in [0.4, 0.5) is 23.7 Å². The number of nitrogens with one attached hydrogen (secondary N) is 2. The van der Waals surface area contributed by atoms with Gasteiger partial charge in [-0.05, 0) is 43.5 Å². The lowest BCUT2D eigenvalue weighted by Crippen LogP contribution is -2.44. The number of hydrogen-bond donors (Lipinski definition) is 3. The number of aryl methyl sites for hydroxylation is 1. The van der Waals surface area contributed by atoms with Crippen molar-refractivity contribution < 1.29 is 27.8 Å². The van der Waals surface area contributed by atoms with Gasteiger partial charge in [-0.25, -0.2) is 4.79 Å². The van der Waals surface area contributed by atoms with Gasteiger partial charge in [-0.1, -0.05) is 0 Å². The number of benzene rings is 1. The molecule has 1 saturated heterocycles. The van der Waals surface area contributed by atoms with E-state index in [1.807, 2.05) is 0 Å². The molecule has 0 saturated carbocycles. The highest BCUT2D eigenvalue weighted by Gasteiger charge is 2.33. The fraction of sp³-hybridized carbons (Fsp3) is 0.562.